The zero-order valence-corrected chi connectivity index (χ0v) is 22.9. The average molecular weight is 514 g/mol. The first kappa shape index (κ1) is 25.6. The second-order valence-corrected chi connectivity index (χ2v) is 10.4. The molecule has 6 aromatic rings. The Morgan fingerprint density at radius 2 is 0.925 bits per heavy atom. The maximum Gasteiger partial charge on any atom is 0.0158 e. The van der Waals surface area contributed by atoms with E-state index in [9.17, 15) is 0 Å². The third kappa shape index (κ3) is 5.40. The minimum Gasteiger partial charge on any atom is -0.0648 e. The first-order valence-corrected chi connectivity index (χ1v) is 14.2. The molecule has 0 spiro atoms. The summed E-state index contributed by atoms with van der Waals surface area (Å²) in [6.07, 6.45) is 1.08. The molecule has 0 saturated heterocycles. The summed E-state index contributed by atoms with van der Waals surface area (Å²) in [6.45, 7) is 2.30. The molecular weight excluding hydrogens is 480 g/mol. The topological polar surface area (TPSA) is 0 Å². The second-order valence-electron chi connectivity index (χ2n) is 10.4. The largest absolute Gasteiger partial charge is 0.0648 e. The monoisotopic (exact) mass is 513 g/mol. The average Bonchev–Trinajstić information content (AvgIpc) is 3.05. The molecule has 6 rings (SSSR count). The molecule has 0 saturated carbocycles. The summed E-state index contributed by atoms with van der Waals surface area (Å²) in [5.41, 5.74) is 11.4. The molecule has 0 fully saturated rings. The molecule has 0 bridgehead atoms. The van der Waals surface area contributed by atoms with Gasteiger partial charge in [0.15, 0.2) is 0 Å². The molecule has 1 radical (unpaired) electrons. The van der Waals surface area contributed by atoms with E-state index in [1.165, 1.54) is 50.1 Å². The molecule has 0 amide bonds. The van der Waals surface area contributed by atoms with Gasteiger partial charge in [-0.15, -0.1) is 0 Å². The van der Waals surface area contributed by atoms with Gasteiger partial charge in [0.05, 0.1) is 0 Å². The minimum absolute atomic E-state index is 0.302. The van der Waals surface area contributed by atoms with Crippen LogP contribution in [0.5, 0.6) is 0 Å². The number of rotatable bonds is 8. The van der Waals surface area contributed by atoms with Gasteiger partial charge in [-0.25, -0.2) is 0 Å². The lowest BCUT2D eigenvalue weighted by atomic mass is 9.76. The van der Waals surface area contributed by atoms with Crippen molar-refractivity contribution in [2.24, 2.45) is 0 Å². The van der Waals surface area contributed by atoms with E-state index in [2.05, 4.69) is 165 Å². The highest BCUT2D eigenvalue weighted by Gasteiger charge is 2.25. The Bertz CT molecular complexity index is 1630. The molecule has 2 unspecified atom stereocenters. The summed E-state index contributed by atoms with van der Waals surface area (Å²) in [4.78, 5) is 0. The second kappa shape index (κ2) is 12.0. The fourth-order valence-corrected chi connectivity index (χ4v) is 5.95. The molecule has 40 heavy (non-hydrogen) atoms. The van der Waals surface area contributed by atoms with Crippen LogP contribution in [-0.4, -0.2) is 0 Å². The van der Waals surface area contributed by atoms with Gasteiger partial charge in [0.25, 0.3) is 0 Å². The first-order valence-electron chi connectivity index (χ1n) is 14.2. The first-order chi connectivity index (χ1) is 19.8. The van der Waals surface area contributed by atoms with Gasteiger partial charge in [0.1, 0.15) is 0 Å². The zero-order valence-electron chi connectivity index (χ0n) is 22.9. The van der Waals surface area contributed by atoms with Crippen molar-refractivity contribution in [1.29, 1.82) is 0 Å². The molecule has 0 aliphatic heterocycles. The van der Waals surface area contributed by atoms with Gasteiger partial charge in [-0.05, 0) is 74.5 Å². The van der Waals surface area contributed by atoms with Crippen LogP contribution in [-0.2, 0) is 0 Å². The van der Waals surface area contributed by atoms with E-state index in [0.717, 1.165) is 6.42 Å². The van der Waals surface area contributed by atoms with Crippen LogP contribution >= 0.6 is 0 Å². The van der Waals surface area contributed by atoms with Gasteiger partial charge in [0.2, 0.25) is 0 Å². The Morgan fingerprint density at radius 1 is 0.450 bits per heavy atom. The fraction of sp³-hybridized carbons (Fsp3) is 0.100. The molecule has 0 aliphatic rings. The maximum absolute atomic E-state index is 3.26. The molecule has 0 aromatic heterocycles. The van der Waals surface area contributed by atoms with E-state index < -0.39 is 0 Å². The maximum atomic E-state index is 3.26. The van der Waals surface area contributed by atoms with Gasteiger partial charge < -0.3 is 0 Å². The van der Waals surface area contributed by atoms with Crippen LogP contribution < -0.4 is 0 Å². The Morgan fingerprint density at radius 3 is 1.52 bits per heavy atom. The van der Waals surface area contributed by atoms with Crippen molar-refractivity contribution in [3.05, 3.63) is 180 Å². The highest BCUT2D eigenvalue weighted by Crippen LogP contribution is 2.41. The van der Waals surface area contributed by atoms with Crippen LogP contribution in [0.3, 0.4) is 0 Å². The highest BCUT2D eigenvalue weighted by atomic mass is 14.3. The third-order valence-corrected chi connectivity index (χ3v) is 7.98. The Kier molecular flexibility index (Phi) is 7.69. The van der Waals surface area contributed by atoms with E-state index in [4.69, 9.17) is 0 Å². The molecule has 193 valence electrons. The Labute approximate surface area is 238 Å². The number of hydrogen-bond acceptors (Lipinski definition) is 0. The molecule has 0 nitrogen and oxygen atoms in total. The fourth-order valence-electron chi connectivity index (χ4n) is 5.95. The summed E-state index contributed by atoms with van der Waals surface area (Å²) < 4.78 is 0. The quantitative estimate of drug-likeness (QED) is 0.190. The van der Waals surface area contributed by atoms with Crippen molar-refractivity contribution >= 4 is 0 Å². The Hall–Kier alpha value is -4.68. The van der Waals surface area contributed by atoms with Crippen LogP contribution in [0.2, 0.25) is 0 Å². The van der Waals surface area contributed by atoms with E-state index in [0.29, 0.717) is 11.8 Å². The molecule has 0 N–H and O–H groups in total. The van der Waals surface area contributed by atoms with Crippen LogP contribution in [0.15, 0.2) is 158 Å². The van der Waals surface area contributed by atoms with E-state index in [1.54, 1.807) is 0 Å². The third-order valence-electron chi connectivity index (χ3n) is 7.98. The molecule has 0 heteroatoms. The predicted octanol–water partition coefficient (Wildman–Crippen LogP) is 10.8. The van der Waals surface area contributed by atoms with Gasteiger partial charge in [-0.1, -0.05) is 159 Å². The summed E-state index contributed by atoms with van der Waals surface area (Å²) in [7, 11) is 0. The van der Waals surface area contributed by atoms with Crippen molar-refractivity contribution in [3.63, 3.8) is 0 Å². The summed E-state index contributed by atoms with van der Waals surface area (Å²) in [6, 6.07) is 60.1. The van der Waals surface area contributed by atoms with Crippen LogP contribution in [0, 0.1) is 6.07 Å². The van der Waals surface area contributed by atoms with Crippen molar-refractivity contribution in [2.75, 3.05) is 0 Å². The molecular formula is C40H33. The predicted molar refractivity (Wildman–Crippen MR) is 169 cm³/mol. The van der Waals surface area contributed by atoms with Crippen molar-refractivity contribution in [3.8, 4) is 33.4 Å². The van der Waals surface area contributed by atoms with Crippen molar-refractivity contribution in [1.82, 2.24) is 0 Å². The summed E-state index contributed by atoms with van der Waals surface area (Å²) in [5, 5.41) is 0. The molecule has 0 aliphatic carbocycles. The number of benzene rings is 6. The van der Waals surface area contributed by atoms with E-state index in [1.807, 2.05) is 6.07 Å². The SMILES string of the molecule is CCC(c1ccccc1)C(c1ccccc1)c1ccc(-c2ccc(-c3cc[c]cc3-c3ccccc3)cc2)cc1. The number of hydrogen-bond donors (Lipinski definition) is 0. The normalized spacial score (nSPS) is 12.5. The van der Waals surface area contributed by atoms with E-state index in [-0.39, 0.29) is 0 Å². The van der Waals surface area contributed by atoms with Gasteiger partial charge >= 0.3 is 0 Å². The van der Waals surface area contributed by atoms with Crippen LogP contribution in [0.1, 0.15) is 41.9 Å². The smallest absolute Gasteiger partial charge is 0.0158 e. The Balaban J connectivity index is 1.31. The minimum atomic E-state index is 0.302. The van der Waals surface area contributed by atoms with E-state index >= 15 is 0 Å². The lowest BCUT2D eigenvalue weighted by Crippen LogP contribution is -2.12. The van der Waals surface area contributed by atoms with Gasteiger partial charge in [-0.2, -0.15) is 0 Å². The molecule has 0 heterocycles. The van der Waals surface area contributed by atoms with Crippen LogP contribution in [0.4, 0.5) is 0 Å². The lowest BCUT2D eigenvalue weighted by molar-refractivity contribution is 0.586. The van der Waals surface area contributed by atoms with Gasteiger partial charge in [-0.3, -0.25) is 0 Å². The van der Waals surface area contributed by atoms with Crippen LogP contribution in [0.25, 0.3) is 33.4 Å². The summed E-state index contributed by atoms with van der Waals surface area (Å²) in [5.74, 6) is 0.715. The van der Waals surface area contributed by atoms with Crippen molar-refractivity contribution in [2.45, 2.75) is 25.2 Å². The molecule has 6 aromatic carbocycles. The lowest BCUT2D eigenvalue weighted by Gasteiger charge is -2.28. The zero-order chi connectivity index (χ0) is 27.1. The highest BCUT2D eigenvalue weighted by molar-refractivity contribution is 5.84. The summed E-state index contributed by atoms with van der Waals surface area (Å²) >= 11 is 0. The standard InChI is InChI=1S/C40H33/c1-2-37(32-14-6-3-7-15-32)40(35-18-10-5-11-19-35)36-28-24-31(25-29-36)30-22-26-34(27-23-30)39-21-13-12-20-38(39)33-16-8-4-9-17-33/h3-11,13-29,37,40H,2H2,1H3. The molecule has 2 atom stereocenters. The van der Waals surface area contributed by atoms with Crippen molar-refractivity contribution < 1.29 is 0 Å². The van der Waals surface area contributed by atoms with Gasteiger partial charge in [0, 0.05) is 5.92 Å².